The zero-order valence-corrected chi connectivity index (χ0v) is 13.0. The van der Waals surface area contributed by atoms with Gasteiger partial charge in [0.2, 0.25) is 5.91 Å². The highest BCUT2D eigenvalue weighted by molar-refractivity contribution is 5.76. The van der Waals surface area contributed by atoms with Crippen molar-refractivity contribution in [3.63, 3.8) is 0 Å². The van der Waals surface area contributed by atoms with Gasteiger partial charge in [-0.25, -0.2) is 0 Å². The van der Waals surface area contributed by atoms with E-state index in [1.54, 1.807) is 0 Å². The molecule has 0 spiro atoms. The van der Waals surface area contributed by atoms with Gasteiger partial charge in [-0.1, -0.05) is 18.2 Å². The molecule has 21 heavy (non-hydrogen) atoms. The molecule has 1 heterocycles. The van der Waals surface area contributed by atoms with Crippen molar-refractivity contribution in [3.05, 3.63) is 30.3 Å². The first kappa shape index (κ1) is 15.8. The molecule has 1 saturated heterocycles. The molecule has 1 aliphatic heterocycles. The molecule has 1 aromatic rings. The second-order valence-electron chi connectivity index (χ2n) is 5.84. The Morgan fingerprint density at radius 2 is 2.14 bits per heavy atom. The van der Waals surface area contributed by atoms with Gasteiger partial charge < -0.3 is 15.0 Å². The Hall–Kier alpha value is -1.55. The number of para-hydroxylation sites is 1. The van der Waals surface area contributed by atoms with Crippen LogP contribution in [0.3, 0.4) is 0 Å². The Bertz CT molecular complexity index is 428. The van der Waals surface area contributed by atoms with Crippen LogP contribution in [0.25, 0.3) is 0 Å². The summed E-state index contributed by atoms with van der Waals surface area (Å²) in [5.74, 6) is 0.994. The summed E-state index contributed by atoms with van der Waals surface area (Å²) in [6, 6.07) is 10.3. The summed E-state index contributed by atoms with van der Waals surface area (Å²) in [7, 11) is 0. The minimum atomic E-state index is 0.176. The van der Waals surface area contributed by atoms with Gasteiger partial charge in [0.15, 0.2) is 0 Å². The topological polar surface area (TPSA) is 41.6 Å². The molecule has 1 amide bonds. The highest BCUT2D eigenvalue weighted by Crippen LogP contribution is 2.12. The number of hydrogen-bond acceptors (Lipinski definition) is 3. The van der Waals surface area contributed by atoms with Crippen LogP contribution < -0.4 is 10.1 Å². The minimum Gasteiger partial charge on any atom is -0.493 e. The van der Waals surface area contributed by atoms with Crippen LogP contribution in [0.2, 0.25) is 0 Å². The largest absolute Gasteiger partial charge is 0.493 e. The third-order valence-corrected chi connectivity index (χ3v) is 3.85. The third-order valence-electron chi connectivity index (χ3n) is 3.85. The van der Waals surface area contributed by atoms with E-state index in [1.165, 1.54) is 6.42 Å². The van der Waals surface area contributed by atoms with Crippen molar-refractivity contribution in [2.24, 2.45) is 0 Å². The minimum absolute atomic E-state index is 0.176. The van der Waals surface area contributed by atoms with Crippen LogP contribution in [-0.2, 0) is 4.79 Å². The summed E-state index contributed by atoms with van der Waals surface area (Å²) in [5, 5.41) is 3.45. The summed E-state index contributed by atoms with van der Waals surface area (Å²) in [6.07, 6.45) is 2.80. The summed E-state index contributed by atoms with van der Waals surface area (Å²) in [4.78, 5) is 14.4. The number of nitrogens with one attached hydrogen (secondary N) is 1. The van der Waals surface area contributed by atoms with Crippen molar-refractivity contribution in [2.75, 3.05) is 19.7 Å². The molecule has 1 fully saturated rings. The number of carbonyl (C=O) groups is 1. The van der Waals surface area contributed by atoms with Gasteiger partial charge in [0, 0.05) is 18.6 Å². The van der Waals surface area contributed by atoms with E-state index in [0.29, 0.717) is 19.1 Å². The first-order valence-electron chi connectivity index (χ1n) is 7.87. The van der Waals surface area contributed by atoms with Gasteiger partial charge in [-0.2, -0.15) is 0 Å². The highest BCUT2D eigenvalue weighted by Gasteiger charge is 2.23. The van der Waals surface area contributed by atoms with E-state index in [9.17, 15) is 4.79 Å². The van der Waals surface area contributed by atoms with Crippen molar-refractivity contribution >= 4 is 5.91 Å². The number of hydrogen-bond donors (Lipinski definition) is 1. The predicted octanol–water partition coefficient (Wildman–Crippen LogP) is 2.44. The Kier molecular flexibility index (Phi) is 6.05. The van der Waals surface area contributed by atoms with Crippen molar-refractivity contribution in [1.29, 1.82) is 0 Å². The number of carbonyl (C=O) groups excluding carboxylic acids is 1. The van der Waals surface area contributed by atoms with Gasteiger partial charge in [0.05, 0.1) is 13.0 Å². The number of amides is 1. The Morgan fingerprint density at radius 1 is 1.38 bits per heavy atom. The van der Waals surface area contributed by atoms with E-state index in [-0.39, 0.29) is 11.9 Å². The Labute approximate surface area is 127 Å². The highest BCUT2D eigenvalue weighted by atomic mass is 16.5. The third kappa shape index (κ3) is 5.05. The smallest absolute Gasteiger partial charge is 0.226 e. The molecular formula is C17H26N2O2. The van der Waals surface area contributed by atoms with Gasteiger partial charge >= 0.3 is 0 Å². The first-order chi connectivity index (χ1) is 10.2. The van der Waals surface area contributed by atoms with Gasteiger partial charge in [0.25, 0.3) is 0 Å². The number of benzene rings is 1. The van der Waals surface area contributed by atoms with Gasteiger partial charge in [-0.05, 0) is 45.4 Å². The fourth-order valence-electron chi connectivity index (χ4n) is 2.67. The van der Waals surface area contributed by atoms with E-state index < -0.39 is 0 Å². The number of rotatable bonds is 7. The van der Waals surface area contributed by atoms with Crippen molar-refractivity contribution in [1.82, 2.24) is 10.2 Å². The summed E-state index contributed by atoms with van der Waals surface area (Å²) in [6.45, 7) is 6.46. The van der Waals surface area contributed by atoms with Crippen molar-refractivity contribution in [2.45, 2.75) is 45.2 Å². The number of nitrogens with zero attached hydrogens (tertiary/aromatic N) is 1. The first-order valence-corrected chi connectivity index (χ1v) is 7.87. The lowest BCUT2D eigenvalue weighted by Gasteiger charge is -2.29. The fraction of sp³-hybridized carbons (Fsp3) is 0.588. The Balaban J connectivity index is 1.78. The van der Waals surface area contributed by atoms with E-state index in [0.717, 1.165) is 25.3 Å². The standard InChI is InChI=1S/C17H26N2O2/c1-14(2)19(13-15-7-6-11-18-15)17(20)10-12-21-16-8-4-3-5-9-16/h3-5,8-9,14-15,18H,6-7,10-13H2,1-2H3. The lowest BCUT2D eigenvalue weighted by molar-refractivity contribution is -0.133. The monoisotopic (exact) mass is 290 g/mol. The molecule has 0 radical (unpaired) electrons. The fourth-order valence-corrected chi connectivity index (χ4v) is 2.67. The SMILES string of the molecule is CC(C)N(CC1CCCN1)C(=O)CCOc1ccccc1. The average molecular weight is 290 g/mol. The zero-order chi connectivity index (χ0) is 15.1. The lowest BCUT2D eigenvalue weighted by Crippen LogP contribution is -2.45. The molecule has 1 aliphatic rings. The second-order valence-corrected chi connectivity index (χ2v) is 5.84. The summed E-state index contributed by atoms with van der Waals surface area (Å²) < 4.78 is 5.61. The molecule has 4 heteroatoms. The Morgan fingerprint density at radius 3 is 2.76 bits per heavy atom. The molecule has 1 aromatic carbocycles. The van der Waals surface area contributed by atoms with Crippen LogP contribution in [0.15, 0.2) is 30.3 Å². The van der Waals surface area contributed by atoms with Crippen LogP contribution >= 0.6 is 0 Å². The van der Waals surface area contributed by atoms with E-state index in [1.807, 2.05) is 35.2 Å². The predicted molar refractivity (Wildman–Crippen MR) is 84.4 cm³/mol. The van der Waals surface area contributed by atoms with E-state index in [4.69, 9.17) is 4.74 Å². The van der Waals surface area contributed by atoms with E-state index in [2.05, 4.69) is 19.2 Å². The molecule has 0 aromatic heterocycles. The van der Waals surface area contributed by atoms with Gasteiger partial charge in [-0.3, -0.25) is 4.79 Å². The summed E-state index contributed by atoms with van der Waals surface area (Å²) in [5.41, 5.74) is 0. The molecule has 1 unspecified atom stereocenters. The van der Waals surface area contributed by atoms with Crippen molar-refractivity contribution in [3.8, 4) is 5.75 Å². The maximum absolute atomic E-state index is 12.4. The number of ether oxygens (including phenoxy) is 1. The van der Waals surface area contributed by atoms with Crippen LogP contribution in [0.4, 0.5) is 0 Å². The normalized spacial score (nSPS) is 18.0. The molecule has 0 aliphatic carbocycles. The summed E-state index contributed by atoms with van der Waals surface area (Å²) >= 11 is 0. The molecule has 0 bridgehead atoms. The molecule has 0 saturated carbocycles. The van der Waals surface area contributed by atoms with Crippen molar-refractivity contribution < 1.29 is 9.53 Å². The molecule has 4 nitrogen and oxygen atoms in total. The van der Waals surface area contributed by atoms with Crippen LogP contribution in [0, 0.1) is 0 Å². The maximum atomic E-state index is 12.4. The zero-order valence-electron chi connectivity index (χ0n) is 13.0. The molecular weight excluding hydrogens is 264 g/mol. The molecule has 2 rings (SSSR count). The van der Waals surface area contributed by atoms with Crippen LogP contribution in [0.5, 0.6) is 5.75 Å². The van der Waals surface area contributed by atoms with Crippen LogP contribution in [0.1, 0.15) is 33.1 Å². The average Bonchev–Trinajstić information content (AvgIpc) is 2.98. The van der Waals surface area contributed by atoms with Crippen LogP contribution in [-0.4, -0.2) is 42.6 Å². The van der Waals surface area contributed by atoms with Gasteiger partial charge in [0.1, 0.15) is 5.75 Å². The quantitative estimate of drug-likeness (QED) is 0.838. The molecule has 116 valence electrons. The van der Waals surface area contributed by atoms with Gasteiger partial charge in [-0.15, -0.1) is 0 Å². The lowest BCUT2D eigenvalue weighted by atomic mass is 10.2. The molecule has 1 N–H and O–H groups in total. The second kappa shape index (κ2) is 8.03. The maximum Gasteiger partial charge on any atom is 0.226 e. The molecule has 1 atom stereocenters. The van der Waals surface area contributed by atoms with E-state index >= 15 is 0 Å².